The largest absolute Gasteiger partial charge is 0.438 e. The molecule has 4 rings (SSSR count). The number of ether oxygens (including phenoxy) is 1. The molecule has 8 nitrogen and oxygen atoms in total. The van der Waals surface area contributed by atoms with Gasteiger partial charge in [0.2, 0.25) is 5.88 Å². The van der Waals surface area contributed by atoms with Crippen LogP contribution in [0.5, 0.6) is 11.6 Å². The van der Waals surface area contributed by atoms with Gasteiger partial charge in [-0.15, -0.1) is 0 Å². The van der Waals surface area contributed by atoms with Gasteiger partial charge in [0.05, 0.1) is 17.1 Å². The summed E-state index contributed by atoms with van der Waals surface area (Å²) in [7, 11) is 0. The average Bonchev–Trinajstić information content (AvgIpc) is 3.25. The summed E-state index contributed by atoms with van der Waals surface area (Å²) in [6.45, 7) is 10.0. The number of aryl methyl sites for hydroxylation is 1. The molecule has 1 N–H and O–H groups in total. The first-order chi connectivity index (χ1) is 16.3. The summed E-state index contributed by atoms with van der Waals surface area (Å²) >= 11 is 0. The molecular formula is C26H26N6O2. The molecule has 0 radical (unpaired) electrons. The Labute approximate surface area is 198 Å². The predicted molar refractivity (Wildman–Crippen MR) is 130 cm³/mol. The molecule has 0 aliphatic rings. The Morgan fingerprint density at radius 2 is 1.97 bits per heavy atom. The van der Waals surface area contributed by atoms with Gasteiger partial charge in [-0.25, -0.2) is 14.6 Å². The van der Waals surface area contributed by atoms with E-state index in [1.165, 1.54) is 0 Å². The van der Waals surface area contributed by atoms with Crippen molar-refractivity contribution in [3.8, 4) is 17.7 Å². The van der Waals surface area contributed by atoms with Gasteiger partial charge in [0.1, 0.15) is 17.4 Å². The number of nitriles is 1. The van der Waals surface area contributed by atoms with E-state index in [1.807, 2.05) is 45.4 Å². The van der Waals surface area contributed by atoms with Crippen LogP contribution in [0.2, 0.25) is 0 Å². The molecular weight excluding hydrogens is 428 g/mol. The van der Waals surface area contributed by atoms with Crippen molar-refractivity contribution in [3.05, 3.63) is 71.2 Å². The Bertz CT molecular complexity index is 1410. The maximum atomic E-state index is 13.3. The van der Waals surface area contributed by atoms with Crippen LogP contribution in [-0.4, -0.2) is 25.7 Å². The summed E-state index contributed by atoms with van der Waals surface area (Å²) in [6.07, 6.45) is 3.27. The number of aromatic nitrogens is 4. The zero-order valence-electron chi connectivity index (χ0n) is 19.8. The summed E-state index contributed by atoms with van der Waals surface area (Å²) in [5.74, 6) is 0.696. The molecule has 0 bridgehead atoms. The normalized spacial score (nSPS) is 11.1. The number of pyridine rings is 2. The molecule has 3 aromatic heterocycles. The molecule has 3 heterocycles. The monoisotopic (exact) mass is 454 g/mol. The van der Waals surface area contributed by atoms with Gasteiger partial charge in [0.15, 0.2) is 5.65 Å². The third-order valence-corrected chi connectivity index (χ3v) is 5.46. The molecule has 0 atom stereocenters. The van der Waals surface area contributed by atoms with Gasteiger partial charge in [-0.2, -0.15) is 10.4 Å². The van der Waals surface area contributed by atoms with Crippen molar-refractivity contribution in [2.45, 2.75) is 46.6 Å². The second kappa shape index (κ2) is 9.32. The van der Waals surface area contributed by atoms with E-state index in [0.717, 1.165) is 11.3 Å². The molecule has 0 spiro atoms. The molecule has 172 valence electrons. The Balaban J connectivity index is 1.63. The molecule has 1 aromatic carbocycles. The van der Waals surface area contributed by atoms with E-state index in [0.29, 0.717) is 33.6 Å². The lowest BCUT2D eigenvalue weighted by Crippen LogP contribution is -2.15. The Morgan fingerprint density at radius 1 is 1.18 bits per heavy atom. The lowest BCUT2D eigenvalue weighted by molar-refractivity contribution is 0.102. The predicted octanol–water partition coefficient (Wildman–Crippen LogP) is 5.76. The van der Waals surface area contributed by atoms with Gasteiger partial charge >= 0.3 is 0 Å². The summed E-state index contributed by atoms with van der Waals surface area (Å²) < 4.78 is 7.62. The minimum absolute atomic E-state index is 0.124. The van der Waals surface area contributed by atoms with E-state index in [2.05, 4.69) is 21.5 Å². The highest BCUT2D eigenvalue weighted by molar-refractivity contribution is 6.12. The third kappa shape index (κ3) is 4.46. The number of nitrogens with one attached hydrogen (secondary N) is 1. The summed E-state index contributed by atoms with van der Waals surface area (Å²) in [5, 5.41) is 17.4. The van der Waals surface area contributed by atoms with Crippen molar-refractivity contribution >= 4 is 22.6 Å². The molecule has 4 aromatic rings. The number of carbonyl (C=O) groups is 1. The minimum Gasteiger partial charge on any atom is -0.438 e. The Hall–Kier alpha value is -4.25. The van der Waals surface area contributed by atoms with E-state index in [9.17, 15) is 10.1 Å². The fourth-order valence-corrected chi connectivity index (χ4v) is 3.60. The second-order valence-corrected chi connectivity index (χ2v) is 8.67. The quantitative estimate of drug-likeness (QED) is 0.397. The Morgan fingerprint density at radius 3 is 2.65 bits per heavy atom. The minimum atomic E-state index is -0.231. The molecule has 0 fully saturated rings. The highest BCUT2D eigenvalue weighted by atomic mass is 16.5. The smallest absolute Gasteiger partial charge is 0.256 e. The number of hydrogen-bond acceptors (Lipinski definition) is 6. The van der Waals surface area contributed by atoms with Crippen LogP contribution in [0.25, 0.3) is 11.0 Å². The first-order valence-electron chi connectivity index (χ1n) is 11.1. The lowest BCUT2D eigenvalue weighted by Gasteiger charge is -2.14. The number of amides is 1. The summed E-state index contributed by atoms with van der Waals surface area (Å²) in [4.78, 5) is 22.2. The number of hydrogen-bond donors (Lipinski definition) is 1. The SMILES string of the molecule is Cc1cc(Oc2ncccc2C#N)ccc1NC(=O)c1cc(C(C)C)nc2c1cnn2C(C)C. The number of nitrogens with zero attached hydrogens (tertiary/aromatic N) is 5. The Kier molecular flexibility index (Phi) is 6.28. The topological polar surface area (TPSA) is 106 Å². The van der Waals surface area contributed by atoms with E-state index >= 15 is 0 Å². The van der Waals surface area contributed by atoms with Gasteiger partial charge in [-0.05, 0) is 68.7 Å². The van der Waals surface area contributed by atoms with Crippen molar-refractivity contribution in [1.29, 1.82) is 5.26 Å². The van der Waals surface area contributed by atoms with E-state index in [1.54, 1.807) is 42.7 Å². The van der Waals surface area contributed by atoms with E-state index in [-0.39, 0.29) is 23.7 Å². The highest BCUT2D eigenvalue weighted by Gasteiger charge is 2.19. The summed E-state index contributed by atoms with van der Waals surface area (Å²) in [5.41, 5.74) is 3.90. The zero-order valence-corrected chi connectivity index (χ0v) is 19.8. The number of fused-ring (bicyclic) bond motifs is 1. The van der Waals surface area contributed by atoms with Crippen molar-refractivity contribution in [2.75, 3.05) is 5.32 Å². The van der Waals surface area contributed by atoms with Crippen LogP contribution >= 0.6 is 0 Å². The van der Waals surface area contributed by atoms with E-state index in [4.69, 9.17) is 9.72 Å². The highest BCUT2D eigenvalue weighted by Crippen LogP contribution is 2.29. The van der Waals surface area contributed by atoms with Crippen LogP contribution in [0, 0.1) is 18.3 Å². The van der Waals surface area contributed by atoms with Crippen LogP contribution in [-0.2, 0) is 0 Å². The van der Waals surface area contributed by atoms with Crippen LogP contribution < -0.4 is 10.1 Å². The molecule has 34 heavy (non-hydrogen) atoms. The standard InChI is InChI=1S/C26H26N6O2/c1-15(2)23-12-20(21-14-29-32(16(3)4)24(21)30-23)25(33)31-22-9-8-19(11-17(22)5)34-26-18(13-27)7-6-10-28-26/h6-12,14-16H,1-5H3,(H,31,33). The van der Waals surface area contributed by atoms with Gasteiger partial charge in [-0.1, -0.05) is 13.8 Å². The lowest BCUT2D eigenvalue weighted by atomic mass is 10.0. The van der Waals surface area contributed by atoms with Crippen molar-refractivity contribution in [1.82, 2.24) is 19.7 Å². The van der Waals surface area contributed by atoms with Gasteiger partial charge in [-0.3, -0.25) is 4.79 Å². The first kappa shape index (κ1) is 22.9. The maximum Gasteiger partial charge on any atom is 0.256 e. The van der Waals surface area contributed by atoms with Crippen LogP contribution in [0.1, 0.15) is 66.8 Å². The van der Waals surface area contributed by atoms with Crippen LogP contribution in [0.15, 0.2) is 48.8 Å². The molecule has 0 saturated carbocycles. The number of anilines is 1. The second-order valence-electron chi connectivity index (χ2n) is 8.67. The fourth-order valence-electron chi connectivity index (χ4n) is 3.60. The molecule has 0 unspecified atom stereocenters. The fraction of sp³-hybridized carbons (Fsp3) is 0.269. The summed E-state index contributed by atoms with van der Waals surface area (Å²) in [6, 6.07) is 12.7. The first-order valence-corrected chi connectivity index (χ1v) is 11.1. The third-order valence-electron chi connectivity index (χ3n) is 5.46. The van der Waals surface area contributed by atoms with Crippen LogP contribution in [0.4, 0.5) is 5.69 Å². The molecule has 0 aliphatic heterocycles. The zero-order chi connectivity index (χ0) is 24.4. The van der Waals surface area contributed by atoms with E-state index < -0.39 is 0 Å². The van der Waals surface area contributed by atoms with Gasteiger partial charge in [0.25, 0.3) is 5.91 Å². The van der Waals surface area contributed by atoms with Gasteiger partial charge < -0.3 is 10.1 Å². The number of rotatable bonds is 6. The average molecular weight is 455 g/mol. The number of benzene rings is 1. The molecule has 0 saturated heterocycles. The van der Waals surface area contributed by atoms with Crippen LogP contribution in [0.3, 0.4) is 0 Å². The maximum absolute atomic E-state index is 13.3. The molecule has 1 amide bonds. The van der Waals surface area contributed by atoms with Gasteiger partial charge in [0, 0.05) is 23.6 Å². The van der Waals surface area contributed by atoms with Crippen molar-refractivity contribution < 1.29 is 9.53 Å². The molecule has 8 heteroatoms. The number of carbonyl (C=O) groups excluding carboxylic acids is 1. The van der Waals surface area contributed by atoms with Crippen molar-refractivity contribution in [3.63, 3.8) is 0 Å². The molecule has 0 aliphatic carbocycles. The van der Waals surface area contributed by atoms with Crippen molar-refractivity contribution in [2.24, 2.45) is 0 Å².